The lowest BCUT2D eigenvalue weighted by Gasteiger charge is -2.31. The van der Waals surface area contributed by atoms with Gasteiger partial charge in [0.25, 0.3) is 0 Å². The summed E-state index contributed by atoms with van der Waals surface area (Å²) in [7, 11) is -1.99. The molecule has 1 aliphatic rings. The summed E-state index contributed by atoms with van der Waals surface area (Å²) < 4.78 is 17.8. The zero-order chi connectivity index (χ0) is 12.9. The van der Waals surface area contributed by atoms with Crippen molar-refractivity contribution in [3.05, 3.63) is 0 Å². The van der Waals surface area contributed by atoms with E-state index in [-0.39, 0.29) is 11.7 Å². The van der Waals surface area contributed by atoms with Crippen molar-refractivity contribution in [3.8, 4) is 0 Å². The Balaban J connectivity index is 2.44. The Labute approximate surface area is 108 Å². The predicted molar refractivity (Wildman–Crippen MR) is 72.2 cm³/mol. The SMILES string of the molecule is CC(C)O[SiH](OC1CCCCC1)OC(C)(C)C. The molecule has 1 atom stereocenters. The maximum Gasteiger partial charge on any atom is 0.485 e. The largest absolute Gasteiger partial charge is 0.485 e. The van der Waals surface area contributed by atoms with Crippen molar-refractivity contribution in [2.24, 2.45) is 0 Å². The summed E-state index contributed by atoms with van der Waals surface area (Å²) in [5, 5.41) is 0. The zero-order valence-electron chi connectivity index (χ0n) is 12.0. The van der Waals surface area contributed by atoms with E-state index in [0.717, 1.165) is 0 Å². The predicted octanol–water partition coefficient (Wildman–Crippen LogP) is 3.29. The van der Waals surface area contributed by atoms with E-state index in [1.807, 2.05) is 13.8 Å². The van der Waals surface area contributed by atoms with Crippen molar-refractivity contribution in [2.45, 2.75) is 84.5 Å². The topological polar surface area (TPSA) is 27.7 Å². The third-order valence-corrected chi connectivity index (χ3v) is 4.96. The number of rotatable bonds is 5. The Morgan fingerprint density at radius 3 is 2.12 bits per heavy atom. The Hall–Kier alpha value is 0.0969. The Bertz CT molecular complexity index is 207. The van der Waals surface area contributed by atoms with Gasteiger partial charge < -0.3 is 13.3 Å². The molecular weight excluding hydrogens is 232 g/mol. The van der Waals surface area contributed by atoms with E-state index in [9.17, 15) is 0 Å². The highest BCUT2D eigenvalue weighted by Gasteiger charge is 2.28. The molecule has 0 bridgehead atoms. The average Bonchev–Trinajstić information content (AvgIpc) is 2.15. The molecule has 0 amide bonds. The van der Waals surface area contributed by atoms with Crippen LogP contribution in [0.4, 0.5) is 0 Å². The molecular formula is C13H28O3Si. The summed E-state index contributed by atoms with van der Waals surface area (Å²) in [5.41, 5.74) is -0.180. The highest BCUT2D eigenvalue weighted by molar-refractivity contribution is 6.36. The van der Waals surface area contributed by atoms with Crippen LogP contribution < -0.4 is 0 Å². The summed E-state index contributed by atoms with van der Waals surface area (Å²) >= 11 is 0. The minimum absolute atomic E-state index is 0.178. The molecule has 4 heteroatoms. The lowest BCUT2D eigenvalue weighted by atomic mass is 9.98. The molecule has 0 aliphatic heterocycles. The Kier molecular flexibility index (Phi) is 6.13. The molecule has 0 spiro atoms. The summed E-state index contributed by atoms with van der Waals surface area (Å²) in [4.78, 5) is 0. The second-order valence-electron chi connectivity index (χ2n) is 6.10. The van der Waals surface area contributed by atoms with Crippen molar-refractivity contribution >= 4 is 9.53 Å². The van der Waals surface area contributed by atoms with E-state index in [1.165, 1.54) is 32.1 Å². The summed E-state index contributed by atoms with van der Waals surface area (Å²) in [6.07, 6.45) is 6.78. The fourth-order valence-corrected chi connectivity index (χ4v) is 3.74. The Morgan fingerprint density at radius 2 is 1.65 bits per heavy atom. The molecule has 0 aromatic heterocycles. The molecule has 17 heavy (non-hydrogen) atoms. The molecule has 0 radical (unpaired) electrons. The van der Waals surface area contributed by atoms with Gasteiger partial charge in [-0.2, -0.15) is 0 Å². The first-order chi connectivity index (χ1) is 7.87. The molecule has 102 valence electrons. The monoisotopic (exact) mass is 260 g/mol. The normalized spacial score (nSPS) is 20.8. The fraction of sp³-hybridized carbons (Fsp3) is 1.00. The van der Waals surface area contributed by atoms with Crippen molar-refractivity contribution in [3.63, 3.8) is 0 Å². The van der Waals surface area contributed by atoms with Gasteiger partial charge in [0, 0.05) is 12.2 Å². The summed E-state index contributed by atoms with van der Waals surface area (Å²) in [5.74, 6) is 0. The quantitative estimate of drug-likeness (QED) is 0.710. The average molecular weight is 260 g/mol. The molecule has 0 aromatic carbocycles. The van der Waals surface area contributed by atoms with E-state index in [2.05, 4.69) is 20.8 Å². The molecule has 1 fully saturated rings. The van der Waals surface area contributed by atoms with Gasteiger partial charge >= 0.3 is 9.53 Å². The van der Waals surface area contributed by atoms with Gasteiger partial charge in [0.15, 0.2) is 0 Å². The van der Waals surface area contributed by atoms with Gasteiger partial charge in [0.2, 0.25) is 0 Å². The van der Waals surface area contributed by atoms with Crippen molar-refractivity contribution in [2.75, 3.05) is 0 Å². The van der Waals surface area contributed by atoms with Crippen LogP contribution in [0.5, 0.6) is 0 Å². The van der Waals surface area contributed by atoms with Gasteiger partial charge in [0.05, 0.1) is 5.60 Å². The van der Waals surface area contributed by atoms with Crippen LogP contribution in [0.2, 0.25) is 0 Å². The van der Waals surface area contributed by atoms with Gasteiger partial charge in [-0.05, 0) is 47.5 Å². The van der Waals surface area contributed by atoms with Crippen LogP contribution in [0.3, 0.4) is 0 Å². The van der Waals surface area contributed by atoms with Gasteiger partial charge in [-0.1, -0.05) is 19.3 Å². The first kappa shape index (κ1) is 15.2. The highest BCUT2D eigenvalue weighted by Crippen LogP contribution is 2.22. The van der Waals surface area contributed by atoms with E-state index >= 15 is 0 Å². The number of hydrogen-bond donors (Lipinski definition) is 0. The van der Waals surface area contributed by atoms with Gasteiger partial charge in [-0.3, -0.25) is 0 Å². The molecule has 1 saturated carbocycles. The second kappa shape index (κ2) is 6.88. The van der Waals surface area contributed by atoms with E-state index < -0.39 is 9.53 Å². The van der Waals surface area contributed by atoms with Crippen LogP contribution in [0, 0.1) is 0 Å². The maximum atomic E-state index is 6.07. The van der Waals surface area contributed by atoms with Crippen molar-refractivity contribution in [1.29, 1.82) is 0 Å². The first-order valence-electron chi connectivity index (χ1n) is 6.85. The summed E-state index contributed by atoms with van der Waals surface area (Å²) in [6.45, 7) is 10.2. The number of hydrogen-bond acceptors (Lipinski definition) is 3. The summed E-state index contributed by atoms with van der Waals surface area (Å²) in [6, 6.07) is 0. The lowest BCUT2D eigenvalue weighted by Crippen LogP contribution is -2.40. The van der Waals surface area contributed by atoms with E-state index in [0.29, 0.717) is 6.10 Å². The molecule has 0 heterocycles. The molecule has 1 aliphatic carbocycles. The standard InChI is InChI=1S/C13H28O3Si/c1-11(2)14-17(16-13(3,4)5)15-12-9-7-6-8-10-12/h11-12,17H,6-10H2,1-5H3. The van der Waals surface area contributed by atoms with Gasteiger partial charge in [-0.15, -0.1) is 0 Å². The first-order valence-corrected chi connectivity index (χ1v) is 8.27. The van der Waals surface area contributed by atoms with Crippen LogP contribution in [0.1, 0.15) is 66.7 Å². The van der Waals surface area contributed by atoms with Gasteiger partial charge in [0.1, 0.15) is 0 Å². The lowest BCUT2D eigenvalue weighted by molar-refractivity contribution is -0.0162. The molecule has 3 nitrogen and oxygen atoms in total. The fourth-order valence-electron chi connectivity index (χ4n) is 1.96. The van der Waals surface area contributed by atoms with Crippen LogP contribution >= 0.6 is 0 Å². The third-order valence-electron chi connectivity index (χ3n) is 2.69. The minimum atomic E-state index is -1.99. The maximum absolute atomic E-state index is 6.07. The van der Waals surface area contributed by atoms with Crippen LogP contribution in [-0.2, 0) is 13.3 Å². The van der Waals surface area contributed by atoms with Crippen molar-refractivity contribution in [1.82, 2.24) is 0 Å². The van der Waals surface area contributed by atoms with E-state index in [1.54, 1.807) is 0 Å². The van der Waals surface area contributed by atoms with Gasteiger partial charge in [-0.25, -0.2) is 0 Å². The molecule has 1 unspecified atom stereocenters. The van der Waals surface area contributed by atoms with Crippen LogP contribution in [0.15, 0.2) is 0 Å². The minimum Gasteiger partial charge on any atom is -0.373 e. The zero-order valence-corrected chi connectivity index (χ0v) is 13.1. The molecule has 1 rings (SSSR count). The smallest absolute Gasteiger partial charge is 0.373 e. The Morgan fingerprint density at radius 1 is 1.06 bits per heavy atom. The molecule has 0 aromatic rings. The highest BCUT2D eigenvalue weighted by atomic mass is 28.3. The second-order valence-corrected chi connectivity index (χ2v) is 7.46. The van der Waals surface area contributed by atoms with Crippen LogP contribution in [-0.4, -0.2) is 27.3 Å². The third kappa shape index (κ3) is 7.19. The van der Waals surface area contributed by atoms with Crippen molar-refractivity contribution < 1.29 is 13.3 Å². The molecule has 0 N–H and O–H groups in total. The van der Waals surface area contributed by atoms with E-state index in [4.69, 9.17) is 13.3 Å². The molecule has 0 saturated heterocycles. The van der Waals surface area contributed by atoms with Crippen LogP contribution in [0.25, 0.3) is 0 Å².